The van der Waals surface area contributed by atoms with Crippen LogP contribution in [0.4, 0.5) is 0 Å². The van der Waals surface area contributed by atoms with Gasteiger partial charge in [-0.05, 0) is 30.9 Å². The van der Waals surface area contributed by atoms with Crippen LogP contribution in [0.1, 0.15) is 12.0 Å². The molecule has 2 nitrogen and oxygen atoms in total. The summed E-state index contributed by atoms with van der Waals surface area (Å²) in [5.41, 5.74) is 1.42. The molecule has 1 aliphatic heterocycles. The lowest BCUT2D eigenvalue weighted by Gasteiger charge is -2.31. The Kier molecular flexibility index (Phi) is 3.75. The zero-order valence-electron chi connectivity index (χ0n) is 9.28. The fraction of sp³-hybridized carbons (Fsp3) is 0.538. The number of methoxy groups -OCH3 is 1. The molecular formula is C13H19NO. The van der Waals surface area contributed by atoms with Crippen LogP contribution in [0.3, 0.4) is 0 Å². The fourth-order valence-electron chi connectivity index (χ4n) is 2.31. The minimum Gasteiger partial charge on any atom is -0.380 e. The number of hydrogen-bond donors (Lipinski definition) is 1. The highest BCUT2D eigenvalue weighted by Crippen LogP contribution is 2.20. The van der Waals surface area contributed by atoms with Gasteiger partial charge in [0.05, 0.1) is 6.10 Å². The number of rotatable bonds is 3. The van der Waals surface area contributed by atoms with Crippen molar-refractivity contribution in [3.05, 3.63) is 35.9 Å². The topological polar surface area (TPSA) is 21.3 Å². The molecule has 15 heavy (non-hydrogen) atoms. The van der Waals surface area contributed by atoms with Crippen LogP contribution in [0.15, 0.2) is 30.3 Å². The molecule has 1 fully saturated rings. The molecule has 2 heteroatoms. The van der Waals surface area contributed by atoms with Crippen molar-refractivity contribution >= 4 is 0 Å². The molecule has 0 saturated carbocycles. The summed E-state index contributed by atoms with van der Waals surface area (Å²) in [6, 6.07) is 10.7. The Bertz CT molecular complexity index is 286. The largest absolute Gasteiger partial charge is 0.380 e. The van der Waals surface area contributed by atoms with E-state index in [1.54, 1.807) is 0 Å². The maximum absolute atomic E-state index is 5.51. The quantitative estimate of drug-likeness (QED) is 0.813. The highest BCUT2D eigenvalue weighted by molar-refractivity contribution is 5.15. The predicted octanol–water partition coefficient (Wildman–Crippen LogP) is 1.85. The number of piperidine rings is 1. The Balaban J connectivity index is 1.97. The number of benzene rings is 1. The minimum atomic E-state index is 0.374. The third-order valence-electron chi connectivity index (χ3n) is 3.21. The monoisotopic (exact) mass is 205 g/mol. The van der Waals surface area contributed by atoms with Crippen molar-refractivity contribution in [1.29, 1.82) is 0 Å². The predicted molar refractivity (Wildman–Crippen MR) is 61.9 cm³/mol. The van der Waals surface area contributed by atoms with Gasteiger partial charge in [-0.3, -0.25) is 0 Å². The maximum atomic E-state index is 5.51. The van der Waals surface area contributed by atoms with E-state index in [0.717, 1.165) is 19.5 Å². The van der Waals surface area contributed by atoms with E-state index in [1.807, 2.05) is 7.11 Å². The number of nitrogens with one attached hydrogen (secondary N) is 1. The first-order chi connectivity index (χ1) is 7.40. The van der Waals surface area contributed by atoms with Gasteiger partial charge in [-0.25, -0.2) is 0 Å². The van der Waals surface area contributed by atoms with Crippen LogP contribution in [0.2, 0.25) is 0 Å². The molecule has 1 aliphatic rings. The van der Waals surface area contributed by atoms with Crippen molar-refractivity contribution in [3.63, 3.8) is 0 Å². The molecule has 1 saturated heterocycles. The standard InChI is InChI=1S/C13H19NO/c1-15-13-10-14-8-7-12(13)9-11-5-3-2-4-6-11/h2-6,12-14H,7-10H2,1H3/t12-,13-/m1/s1. The summed E-state index contributed by atoms with van der Waals surface area (Å²) in [5.74, 6) is 0.665. The van der Waals surface area contributed by atoms with Crippen molar-refractivity contribution < 1.29 is 4.74 Å². The second-order valence-electron chi connectivity index (χ2n) is 4.22. The van der Waals surface area contributed by atoms with Crippen molar-refractivity contribution in [2.45, 2.75) is 18.9 Å². The molecule has 1 N–H and O–H groups in total. The SMILES string of the molecule is CO[C@@H]1CNCC[C@@H]1Cc1ccccc1. The van der Waals surface area contributed by atoms with Gasteiger partial charge >= 0.3 is 0 Å². The Labute approximate surface area is 91.6 Å². The highest BCUT2D eigenvalue weighted by atomic mass is 16.5. The van der Waals surface area contributed by atoms with Gasteiger partial charge in [-0.2, -0.15) is 0 Å². The van der Waals surface area contributed by atoms with E-state index < -0.39 is 0 Å². The lowest BCUT2D eigenvalue weighted by molar-refractivity contribution is 0.0341. The van der Waals surface area contributed by atoms with E-state index >= 15 is 0 Å². The average Bonchev–Trinajstić information content (AvgIpc) is 2.31. The molecule has 0 unspecified atom stereocenters. The van der Waals surface area contributed by atoms with Gasteiger partial charge < -0.3 is 10.1 Å². The first-order valence-electron chi connectivity index (χ1n) is 5.67. The molecule has 2 atom stereocenters. The highest BCUT2D eigenvalue weighted by Gasteiger charge is 2.24. The molecule has 1 heterocycles. The number of ether oxygens (including phenoxy) is 1. The fourth-order valence-corrected chi connectivity index (χ4v) is 2.31. The van der Waals surface area contributed by atoms with E-state index in [1.165, 1.54) is 12.0 Å². The van der Waals surface area contributed by atoms with Crippen LogP contribution in [0, 0.1) is 5.92 Å². The van der Waals surface area contributed by atoms with Gasteiger partial charge in [0, 0.05) is 13.7 Å². The molecule has 0 radical (unpaired) electrons. The van der Waals surface area contributed by atoms with Gasteiger partial charge in [0.1, 0.15) is 0 Å². The molecule has 2 rings (SSSR count). The molecule has 0 aliphatic carbocycles. The lowest BCUT2D eigenvalue weighted by atomic mass is 9.88. The second-order valence-corrected chi connectivity index (χ2v) is 4.22. The van der Waals surface area contributed by atoms with Gasteiger partial charge in [0.15, 0.2) is 0 Å². The lowest BCUT2D eigenvalue weighted by Crippen LogP contribution is -2.42. The summed E-state index contributed by atoms with van der Waals surface area (Å²) >= 11 is 0. The van der Waals surface area contributed by atoms with Gasteiger partial charge in [0.2, 0.25) is 0 Å². The van der Waals surface area contributed by atoms with Crippen molar-refractivity contribution in [3.8, 4) is 0 Å². The van der Waals surface area contributed by atoms with E-state index in [0.29, 0.717) is 12.0 Å². The Hall–Kier alpha value is -0.860. The van der Waals surface area contributed by atoms with Crippen molar-refractivity contribution in [2.24, 2.45) is 5.92 Å². The van der Waals surface area contributed by atoms with E-state index in [4.69, 9.17) is 4.74 Å². The molecule has 0 amide bonds. The zero-order valence-corrected chi connectivity index (χ0v) is 9.28. The van der Waals surface area contributed by atoms with E-state index in [-0.39, 0.29) is 0 Å². The van der Waals surface area contributed by atoms with Crippen molar-refractivity contribution in [2.75, 3.05) is 20.2 Å². The van der Waals surface area contributed by atoms with Gasteiger partial charge in [-0.15, -0.1) is 0 Å². The third kappa shape index (κ3) is 2.80. The molecule has 0 aromatic heterocycles. The minimum absolute atomic E-state index is 0.374. The molecular weight excluding hydrogens is 186 g/mol. The maximum Gasteiger partial charge on any atom is 0.0727 e. The van der Waals surface area contributed by atoms with E-state index in [2.05, 4.69) is 35.6 Å². The third-order valence-corrected chi connectivity index (χ3v) is 3.21. The summed E-state index contributed by atoms with van der Waals surface area (Å²) in [7, 11) is 1.82. The Morgan fingerprint density at radius 3 is 2.87 bits per heavy atom. The molecule has 0 spiro atoms. The Morgan fingerprint density at radius 2 is 2.13 bits per heavy atom. The van der Waals surface area contributed by atoms with Crippen LogP contribution in [0.25, 0.3) is 0 Å². The van der Waals surface area contributed by atoms with E-state index in [9.17, 15) is 0 Å². The van der Waals surface area contributed by atoms with Crippen LogP contribution >= 0.6 is 0 Å². The van der Waals surface area contributed by atoms with Crippen molar-refractivity contribution in [1.82, 2.24) is 5.32 Å². The van der Waals surface area contributed by atoms with Crippen LogP contribution in [0.5, 0.6) is 0 Å². The summed E-state index contributed by atoms with van der Waals surface area (Å²) in [6.07, 6.45) is 2.73. The summed E-state index contributed by atoms with van der Waals surface area (Å²) in [6.45, 7) is 2.12. The normalized spacial score (nSPS) is 26.5. The zero-order chi connectivity index (χ0) is 10.5. The molecule has 1 aromatic carbocycles. The summed E-state index contributed by atoms with van der Waals surface area (Å²) in [5, 5.41) is 3.38. The smallest absolute Gasteiger partial charge is 0.0727 e. The van der Waals surface area contributed by atoms with Crippen LogP contribution in [-0.4, -0.2) is 26.3 Å². The summed E-state index contributed by atoms with van der Waals surface area (Å²) < 4.78 is 5.51. The molecule has 82 valence electrons. The van der Waals surface area contributed by atoms with Gasteiger partial charge in [-0.1, -0.05) is 30.3 Å². The second kappa shape index (κ2) is 5.29. The Morgan fingerprint density at radius 1 is 1.33 bits per heavy atom. The van der Waals surface area contributed by atoms with Crippen LogP contribution < -0.4 is 5.32 Å². The molecule has 1 aromatic rings. The first-order valence-corrected chi connectivity index (χ1v) is 5.67. The summed E-state index contributed by atoms with van der Waals surface area (Å²) in [4.78, 5) is 0. The average molecular weight is 205 g/mol. The first kappa shape index (κ1) is 10.7. The van der Waals surface area contributed by atoms with Gasteiger partial charge in [0.25, 0.3) is 0 Å². The van der Waals surface area contributed by atoms with Crippen LogP contribution in [-0.2, 0) is 11.2 Å². The molecule has 0 bridgehead atoms. The number of hydrogen-bond acceptors (Lipinski definition) is 2.